The average Bonchev–Trinajstić information content (AvgIpc) is 1.67. The van der Waals surface area contributed by atoms with E-state index in [2.05, 4.69) is 0 Å². The Morgan fingerprint density at radius 3 is 2.50 bits per heavy atom. The topological polar surface area (TPSA) is 57.5 Å². The number of carboxylic acid groups (broad SMARTS) is 1. The Bertz CT molecular complexity index is 86.6. The highest BCUT2D eigenvalue weighted by atomic mass is 32.2. The van der Waals surface area contributed by atoms with E-state index in [4.69, 9.17) is 10.2 Å². The molecule has 48 valence electrons. The van der Waals surface area contributed by atoms with Gasteiger partial charge in [-0.3, -0.25) is 0 Å². The number of rotatable bonds is 3. The molecule has 2 N–H and O–H groups in total. The van der Waals surface area contributed by atoms with E-state index in [0.29, 0.717) is 0 Å². The largest absolute Gasteiger partial charge is 0.479 e. The van der Waals surface area contributed by atoms with Crippen molar-refractivity contribution in [1.82, 2.24) is 0 Å². The van der Waals surface area contributed by atoms with E-state index in [0.717, 1.165) is 0 Å². The van der Waals surface area contributed by atoms with Crippen molar-refractivity contribution in [3.63, 3.8) is 0 Å². The van der Waals surface area contributed by atoms with E-state index in [9.17, 15) is 8.68 Å². The molecular weight excluding hydrogens is 135 g/mol. The molecule has 0 fully saturated rings. The van der Waals surface area contributed by atoms with Crippen LogP contribution in [0.3, 0.4) is 0 Å². The number of aliphatic hydroxyl groups is 1. The molecule has 0 aromatic carbocycles. The van der Waals surface area contributed by atoms with Gasteiger partial charge in [-0.25, -0.2) is 4.79 Å². The molecular formula is C3H5FO3S. The number of hydrogen-bond donors (Lipinski definition) is 2. The van der Waals surface area contributed by atoms with E-state index < -0.39 is 17.8 Å². The Morgan fingerprint density at radius 2 is 2.38 bits per heavy atom. The molecule has 3 nitrogen and oxygen atoms in total. The highest BCUT2D eigenvalue weighted by molar-refractivity contribution is 7.94. The lowest BCUT2D eigenvalue weighted by atomic mass is 10.4. The summed E-state index contributed by atoms with van der Waals surface area (Å²) in [6.07, 6.45) is -1.58. The molecule has 0 radical (unpaired) electrons. The van der Waals surface area contributed by atoms with Crippen molar-refractivity contribution in [3.8, 4) is 0 Å². The fourth-order valence-electron chi connectivity index (χ4n) is 0.131. The first-order valence-electron chi connectivity index (χ1n) is 1.83. The van der Waals surface area contributed by atoms with E-state index >= 15 is 0 Å². The number of aliphatic hydroxyl groups excluding tert-OH is 1. The van der Waals surface area contributed by atoms with Crippen LogP contribution in [0.25, 0.3) is 0 Å². The fourth-order valence-corrected chi connectivity index (χ4v) is 0.393. The van der Waals surface area contributed by atoms with Crippen LogP contribution in [0.1, 0.15) is 0 Å². The maximum absolute atomic E-state index is 11.1. The first-order chi connectivity index (χ1) is 3.68. The van der Waals surface area contributed by atoms with E-state index in [1.807, 2.05) is 0 Å². The summed E-state index contributed by atoms with van der Waals surface area (Å²) in [5.41, 5.74) is 0. The Labute approximate surface area is 49.8 Å². The van der Waals surface area contributed by atoms with Gasteiger partial charge in [0.2, 0.25) is 0 Å². The summed E-state index contributed by atoms with van der Waals surface area (Å²) in [5.74, 6) is -1.80. The minimum atomic E-state index is -1.58. The normalized spacial score (nSPS) is 13.2. The number of carbonyl (C=O) groups is 1. The van der Waals surface area contributed by atoms with Gasteiger partial charge in [0.05, 0.1) is 5.75 Å². The number of aliphatic carboxylic acids is 1. The molecule has 0 aliphatic rings. The molecule has 1 atom stereocenters. The van der Waals surface area contributed by atoms with Crippen molar-refractivity contribution in [2.75, 3.05) is 5.75 Å². The number of carboxylic acids is 1. The molecule has 0 bridgehead atoms. The van der Waals surface area contributed by atoms with Crippen LogP contribution >= 0.6 is 12.1 Å². The molecule has 0 aromatic heterocycles. The van der Waals surface area contributed by atoms with Crippen molar-refractivity contribution in [1.29, 1.82) is 0 Å². The summed E-state index contributed by atoms with van der Waals surface area (Å²) in [4.78, 5) is 9.66. The highest BCUT2D eigenvalue weighted by Gasteiger charge is 2.11. The predicted molar refractivity (Wildman–Crippen MR) is 27.2 cm³/mol. The second kappa shape index (κ2) is 3.68. The van der Waals surface area contributed by atoms with Gasteiger partial charge in [-0.2, -0.15) is 3.89 Å². The fraction of sp³-hybridized carbons (Fsp3) is 0.667. The van der Waals surface area contributed by atoms with Crippen molar-refractivity contribution in [3.05, 3.63) is 0 Å². The van der Waals surface area contributed by atoms with Crippen molar-refractivity contribution in [2.45, 2.75) is 6.10 Å². The zero-order valence-electron chi connectivity index (χ0n) is 3.87. The Balaban J connectivity index is 3.32. The lowest BCUT2D eigenvalue weighted by Crippen LogP contribution is -2.21. The van der Waals surface area contributed by atoms with Gasteiger partial charge in [-0.05, 0) is 0 Å². The van der Waals surface area contributed by atoms with Crippen LogP contribution in [-0.4, -0.2) is 28.0 Å². The van der Waals surface area contributed by atoms with Gasteiger partial charge in [0.15, 0.2) is 6.10 Å². The van der Waals surface area contributed by atoms with Gasteiger partial charge >= 0.3 is 5.97 Å². The lowest BCUT2D eigenvalue weighted by molar-refractivity contribution is -0.145. The molecule has 1 unspecified atom stereocenters. The van der Waals surface area contributed by atoms with Gasteiger partial charge in [-0.15, -0.1) is 0 Å². The quantitative estimate of drug-likeness (QED) is 0.581. The van der Waals surface area contributed by atoms with E-state index in [-0.39, 0.29) is 12.1 Å². The summed E-state index contributed by atoms with van der Waals surface area (Å²) in [6.45, 7) is 0. The van der Waals surface area contributed by atoms with Crippen LogP contribution in [0.15, 0.2) is 0 Å². The van der Waals surface area contributed by atoms with Crippen LogP contribution in [0.2, 0.25) is 0 Å². The summed E-state index contributed by atoms with van der Waals surface area (Å²) in [7, 11) is 0. The molecule has 0 amide bonds. The van der Waals surface area contributed by atoms with Crippen LogP contribution in [0, 0.1) is 0 Å². The SMILES string of the molecule is O=C(O)C(O)CSF. The molecule has 0 saturated heterocycles. The highest BCUT2D eigenvalue weighted by Crippen LogP contribution is 2.02. The minimum Gasteiger partial charge on any atom is -0.479 e. The molecule has 0 aliphatic carbocycles. The Hall–Kier alpha value is -0.290. The maximum atomic E-state index is 11.1. The third-order valence-electron chi connectivity index (χ3n) is 0.506. The van der Waals surface area contributed by atoms with Crippen LogP contribution < -0.4 is 0 Å². The Morgan fingerprint density at radius 1 is 1.88 bits per heavy atom. The lowest BCUT2D eigenvalue weighted by Gasteiger charge is -1.96. The van der Waals surface area contributed by atoms with Gasteiger partial charge in [0.25, 0.3) is 0 Å². The monoisotopic (exact) mass is 140 g/mol. The number of hydrogen-bond acceptors (Lipinski definition) is 3. The second-order valence-corrected chi connectivity index (χ2v) is 1.68. The van der Waals surface area contributed by atoms with Gasteiger partial charge in [0, 0.05) is 12.1 Å². The molecule has 0 aromatic rings. The minimum absolute atomic E-state index is 0.193. The maximum Gasteiger partial charge on any atom is 0.333 e. The van der Waals surface area contributed by atoms with Crippen LogP contribution in [0.4, 0.5) is 3.89 Å². The van der Waals surface area contributed by atoms with Gasteiger partial charge in [-0.1, -0.05) is 0 Å². The van der Waals surface area contributed by atoms with Crippen molar-refractivity contribution < 1.29 is 18.9 Å². The first kappa shape index (κ1) is 7.71. The molecule has 0 aliphatic heterocycles. The molecule has 0 rings (SSSR count). The molecule has 0 spiro atoms. The smallest absolute Gasteiger partial charge is 0.333 e. The summed E-state index contributed by atoms with van der Waals surface area (Å²) in [6, 6.07) is 0. The van der Waals surface area contributed by atoms with Crippen molar-refractivity contribution >= 4 is 18.1 Å². The zero-order valence-corrected chi connectivity index (χ0v) is 4.69. The average molecular weight is 140 g/mol. The van der Waals surface area contributed by atoms with Crippen molar-refractivity contribution in [2.24, 2.45) is 0 Å². The van der Waals surface area contributed by atoms with Gasteiger partial charge in [0.1, 0.15) is 0 Å². The third-order valence-corrected chi connectivity index (χ3v) is 0.948. The zero-order chi connectivity index (χ0) is 6.57. The summed E-state index contributed by atoms with van der Waals surface area (Å²) >= 11 is -0.193. The standard InChI is InChI=1S/C3H5FO3S/c4-8-1-2(5)3(6)7/h2,5H,1H2,(H,6,7). The van der Waals surface area contributed by atoms with Crippen LogP contribution in [-0.2, 0) is 4.79 Å². The molecule has 0 heterocycles. The molecule has 5 heteroatoms. The third kappa shape index (κ3) is 2.81. The van der Waals surface area contributed by atoms with Crippen LogP contribution in [0.5, 0.6) is 0 Å². The molecule has 8 heavy (non-hydrogen) atoms. The van der Waals surface area contributed by atoms with E-state index in [1.165, 1.54) is 0 Å². The van der Waals surface area contributed by atoms with Gasteiger partial charge < -0.3 is 10.2 Å². The Kier molecular flexibility index (Phi) is 3.55. The predicted octanol–water partition coefficient (Wildman–Crippen LogP) is 0.0496. The van der Waals surface area contributed by atoms with E-state index in [1.54, 1.807) is 0 Å². The molecule has 0 saturated carbocycles. The first-order valence-corrected chi connectivity index (χ1v) is 2.71. The summed E-state index contributed by atoms with van der Waals surface area (Å²) in [5, 5.41) is 16.1. The number of halogens is 1. The second-order valence-electron chi connectivity index (χ2n) is 1.13. The summed E-state index contributed by atoms with van der Waals surface area (Å²) < 4.78 is 11.1.